The monoisotopic (exact) mass is 372 g/mol. The molecule has 3 rings (SSSR count). The first-order chi connectivity index (χ1) is 13.0. The van der Waals surface area contributed by atoms with E-state index in [1.54, 1.807) is 30.3 Å². The minimum atomic E-state index is -1.15. The van der Waals surface area contributed by atoms with Gasteiger partial charge in [0, 0.05) is 18.0 Å². The smallest absolute Gasteiger partial charge is 0.326 e. The van der Waals surface area contributed by atoms with E-state index in [0.717, 1.165) is 4.90 Å². The second-order valence-electron chi connectivity index (χ2n) is 5.82. The Labute approximate surface area is 152 Å². The zero-order valence-electron chi connectivity index (χ0n) is 14.0. The number of imide groups is 1. The summed E-state index contributed by atoms with van der Waals surface area (Å²) in [5.41, 5.74) is 8.95. The van der Waals surface area contributed by atoms with Crippen molar-refractivity contribution in [3.8, 4) is 0 Å². The Hall–Kier alpha value is -3.79. The molecule has 0 radical (unpaired) electrons. The van der Waals surface area contributed by atoms with Crippen LogP contribution in [0.2, 0.25) is 0 Å². The third kappa shape index (κ3) is 3.75. The molecule has 0 spiro atoms. The fourth-order valence-electron chi connectivity index (χ4n) is 2.71. The van der Waals surface area contributed by atoms with E-state index >= 15 is 0 Å². The highest BCUT2D eigenvalue weighted by molar-refractivity contribution is 5.99. The molecule has 1 aromatic carbocycles. The molecule has 12 heteroatoms. The second kappa shape index (κ2) is 7.62. The molecule has 2 saturated heterocycles. The van der Waals surface area contributed by atoms with Gasteiger partial charge in [0.1, 0.15) is 18.2 Å². The molecule has 1 aromatic rings. The van der Waals surface area contributed by atoms with Crippen LogP contribution in [0.4, 0.5) is 9.59 Å². The fourth-order valence-corrected chi connectivity index (χ4v) is 2.71. The lowest BCUT2D eigenvalue weighted by molar-refractivity contribution is -0.136. The lowest BCUT2D eigenvalue weighted by Gasteiger charge is -2.34. The number of carbonyl (C=O) groups excluding carboxylic acids is 4. The molecular formula is C15H16N8O4. The summed E-state index contributed by atoms with van der Waals surface area (Å²) in [6.07, 6.45) is -0.900. The largest absolute Gasteiger partial charge is 0.343 e. The van der Waals surface area contributed by atoms with Crippen molar-refractivity contribution >= 4 is 23.9 Å². The number of amides is 6. The van der Waals surface area contributed by atoms with Crippen molar-refractivity contribution in [2.45, 2.75) is 18.2 Å². The zero-order chi connectivity index (χ0) is 19.4. The van der Waals surface area contributed by atoms with Crippen molar-refractivity contribution in [2.24, 2.45) is 5.11 Å². The van der Waals surface area contributed by atoms with E-state index in [0.29, 0.717) is 12.1 Å². The Balaban J connectivity index is 1.76. The van der Waals surface area contributed by atoms with Crippen LogP contribution < -0.4 is 21.3 Å². The number of rotatable bonds is 5. The van der Waals surface area contributed by atoms with Gasteiger partial charge in [-0.3, -0.25) is 9.59 Å². The summed E-state index contributed by atoms with van der Waals surface area (Å²) >= 11 is 0. The number of nitrogens with one attached hydrogen (secondary N) is 4. The maximum atomic E-state index is 12.7. The van der Waals surface area contributed by atoms with Crippen molar-refractivity contribution in [2.75, 3.05) is 13.1 Å². The Bertz CT molecular complexity index is 822. The molecule has 140 valence electrons. The summed E-state index contributed by atoms with van der Waals surface area (Å²) in [5, 5.41) is 13.2. The minimum absolute atomic E-state index is 0.178. The molecule has 12 nitrogen and oxygen atoms in total. The Morgan fingerprint density at radius 1 is 1.30 bits per heavy atom. The molecule has 0 saturated carbocycles. The third-order valence-electron chi connectivity index (χ3n) is 4.13. The summed E-state index contributed by atoms with van der Waals surface area (Å²) < 4.78 is 0. The van der Waals surface area contributed by atoms with Crippen LogP contribution in [0.3, 0.4) is 0 Å². The molecule has 2 aliphatic heterocycles. The molecule has 1 unspecified atom stereocenters. The van der Waals surface area contributed by atoms with E-state index in [2.05, 4.69) is 31.3 Å². The minimum Gasteiger partial charge on any atom is -0.343 e. The number of hydrogen-bond donors (Lipinski definition) is 4. The number of carbonyl (C=O) groups is 4. The average Bonchev–Trinajstić information content (AvgIpc) is 3.10. The van der Waals surface area contributed by atoms with Gasteiger partial charge in [-0.2, -0.15) is 0 Å². The molecule has 2 aliphatic rings. The summed E-state index contributed by atoms with van der Waals surface area (Å²) in [6, 6.07) is 4.89. The van der Waals surface area contributed by atoms with Crippen LogP contribution in [-0.2, 0) is 9.59 Å². The maximum absolute atomic E-state index is 12.7. The number of azide groups is 1. The van der Waals surface area contributed by atoms with Gasteiger partial charge in [0.15, 0.2) is 0 Å². The first kappa shape index (κ1) is 18.0. The molecule has 0 aliphatic carbocycles. The summed E-state index contributed by atoms with van der Waals surface area (Å²) in [7, 11) is 0. The molecule has 0 aromatic heterocycles. The van der Waals surface area contributed by atoms with Crippen LogP contribution in [0.25, 0.3) is 10.4 Å². The van der Waals surface area contributed by atoms with Gasteiger partial charge >= 0.3 is 12.1 Å². The normalized spacial score (nSPS) is 21.9. The lowest BCUT2D eigenvalue weighted by Crippen LogP contribution is -2.69. The summed E-state index contributed by atoms with van der Waals surface area (Å²) in [4.78, 5) is 51.9. The van der Waals surface area contributed by atoms with E-state index in [1.165, 1.54) is 0 Å². The SMILES string of the molecule is [N-]=[N+]=N[C@H]1NC(=O)[C@@H]1NC(=O)C(NC(=O)N1CCNC1=O)c1ccccc1. The molecule has 2 fully saturated rings. The van der Waals surface area contributed by atoms with E-state index in [1.807, 2.05) is 0 Å². The molecule has 4 N–H and O–H groups in total. The van der Waals surface area contributed by atoms with E-state index in [-0.39, 0.29) is 6.54 Å². The Morgan fingerprint density at radius 3 is 2.63 bits per heavy atom. The standard InChI is InChI=1S/C15H16N8O4/c16-22-21-11-10(13(25)20-11)18-12(24)9(8-4-2-1-3-5-8)19-15(27)23-7-6-17-14(23)26/h1-5,9-11H,6-7H2,(H,17,26)(H,18,24)(H,19,27)(H,20,25)/t9?,10-,11-/m1/s1. The first-order valence-electron chi connectivity index (χ1n) is 8.07. The topological polar surface area (TPSA) is 168 Å². The van der Waals surface area contributed by atoms with Gasteiger partial charge in [0.2, 0.25) is 11.8 Å². The van der Waals surface area contributed by atoms with Gasteiger partial charge in [-0.25, -0.2) is 14.5 Å². The number of urea groups is 2. The average molecular weight is 372 g/mol. The van der Waals surface area contributed by atoms with Gasteiger partial charge < -0.3 is 21.3 Å². The molecule has 27 heavy (non-hydrogen) atoms. The number of β-lactam (4-membered cyclic amide) rings is 1. The van der Waals surface area contributed by atoms with Crippen molar-refractivity contribution in [1.29, 1.82) is 0 Å². The van der Waals surface area contributed by atoms with Crippen molar-refractivity contribution < 1.29 is 19.2 Å². The van der Waals surface area contributed by atoms with E-state index in [4.69, 9.17) is 5.53 Å². The third-order valence-corrected chi connectivity index (χ3v) is 4.13. The van der Waals surface area contributed by atoms with Gasteiger partial charge in [-0.15, -0.1) is 0 Å². The van der Waals surface area contributed by atoms with E-state index in [9.17, 15) is 19.2 Å². The van der Waals surface area contributed by atoms with Gasteiger partial charge in [0.25, 0.3) is 0 Å². The van der Waals surface area contributed by atoms with Crippen molar-refractivity contribution in [3.05, 3.63) is 46.3 Å². The molecule has 6 amide bonds. The predicted molar refractivity (Wildman–Crippen MR) is 90.8 cm³/mol. The number of benzene rings is 1. The quantitative estimate of drug-likeness (QED) is 0.241. The number of hydrogen-bond acceptors (Lipinski definition) is 5. The van der Waals surface area contributed by atoms with Crippen LogP contribution in [0.1, 0.15) is 11.6 Å². The fraction of sp³-hybridized carbons (Fsp3) is 0.333. The molecule has 0 bridgehead atoms. The highest BCUT2D eigenvalue weighted by atomic mass is 16.2. The van der Waals surface area contributed by atoms with Crippen LogP contribution in [0.15, 0.2) is 35.4 Å². The van der Waals surface area contributed by atoms with Crippen molar-refractivity contribution in [1.82, 2.24) is 26.2 Å². The van der Waals surface area contributed by atoms with E-state index < -0.39 is 42.1 Å². The zero-order valence-corrected chi connectivity index (χ0v) is 14.0. The summed E-state index contributed by atoms with van der Waals surface area (Å²) in [6.45, 7) is 0.502. The summed E-state index contributed by atoms with van der Waals surface area (Å²) in [5.74, 6) is -1.18. The molecule has 3 atom stereocenters. The van der Waals surface area contributed by atoms with Gasteiger partial charge in [-0.1, -0.05) is 35.4 Å². The number of nitrogens with zero attached hydrogens (tertiary/aromatic N) is 4. The van der Waals surface area contributed by atoms with Crippen LogP contribution in [0.5, 0.6) is 0 Å². The van der Waals surface area contributed by atoms with Crippen LogP contribution >= 0.6 is 0 Å². The Morgan fingerprint density at radius 2 is 2.04 bits per heavy atom. The Kier molecular flexibility index (Phi) is 5.08. The predicted octanol–water partition coefficient (Wildman–Crippen LogP) is -0.286. The van der Waals surface area contributed by atoms with Crippen LogP contribution in [-0.4, -0.2) is 54.1 Å². The molecule has 2 heterocycles. The highest BCUT2D eigenvalue weighted by Crippen LogP contribution is 2.16. The van der Waals surface area contributed by atoms with Gasteiger partial charge in [-0.05, 0) is 11.1 Å². The maximum Gasteiger partial charge on any atom is 0.326 e. The van der Waals surface area contributed by atoms with Crippen molar-refractivity contribution in [3.63, 3.8) is 0 Å². The lowest BCUT2D eigenvalue weighted by atomic mass is 10.0. The second-order valence-corrected chi connectivity index (χ2v) is 5.82. The van der Waals surface area contributed by atoms with Crippen LogP contribution in [0, 0.1) is 0 Å². The van der Waals surface area contributed by atoms with Gasteiger partial charge in [0.05, 0.1) is 0 Å². The molecular weight excluding hydrogens is 356 g/mol. The highest BCUT2D eigenvalue weighted by Gasteiger charge is 2.41. The first-order valence-corrected chi connectivity index (χ1v) is 8.07.